The Morgan fingerprint density at radius 1 is 0.977 bits per heavy atom. The fraction of sp³-hybridized carbons (Fsp3) is 0.212. The number of nitrogens with zero attached hydrogens (tertiary/aromatic N) is 1. The van der Waals surface area contributed by atoms with Crippen LogP contribution in [0.1, 0.15) is 38.5 Å². The number of amides is 2. The molecule has 1 aliphatic heterocycles. The first-order valence-corrected chi connectivity index (χ1v) is 14.6. The highest BCUT2D eigenvalue weighted by Gasteiger charge is 2.34. The Balaban J connectivity index is 1.50. The van der Waals surface area contributed by atoms with Crippen LogP contribution >= 0.6 is 23.2 Å². The van der Waals surface area contributed by atoms with E-state index in [2.05, 4.69) is 5.32 Å². The van der Waals surface area contributed by atoms with Crippen LogP contribution in [-0.4, -0.2) is 37.6 Å². The lowest BCUT2D eigenvalue weighted by Gasteiger charge is -2.29. The number of hydrogen-bond donors (Lipinski definition) is 2. The SMILES string of the molecule is NC(=O)c1ccc(F)c(F)c1[C@H](C(=O)N[C@@H](COCc1ccccc1)CN1CCc2cc(F)ccc21)c1ccc(Cl)cc1Cl. The van der Waals surface area contributed by atoms with Gasteiger partial charge in [-0.25, -0.2) is 13.2 Å². The molecule has 6 nitrogen and oxygen atoms in total. The summed E-state index contributed by atoms with van der Waals surface area (Å²) in [6.07, 6.45) is 0.609. The average Bonchev–Trinajstić information content (AvgIpc) is 3.38. The summed E-state index contributed by atoms with van der Waals surface area (Å²) in [7, 11) is 0. The molecule has 2 amide bonds. The van der Waals surface area contributed by atoms with E-state index in [0.717, 1.165) is 28.9 Å². The van der Waals surface area contributed by atoms with Gasteiger partial charge < -0.3 is 20.7 Å². The molecule has 0 radical (unpaired) electrons. The van der Waals surface area contributed by atoms with E-state index in [4.69, 9.17) is 33.7 Å². The number of nitrogens with two attached hydrogens (primary N) is 1. The zero-order valence-corrected chi connectivity index (χ0v) is 24.8. The van der Waals surface area contributed by atoms with Gasteiger partial charge in [0.25, 0.3) is 0 Å². The Morgan fingerprint density at radius 3 is 2.48 bits per heavy atom. The number of rotatable bonds is 11. The lowest BCUT2D eigenvalue weighted by atomic mass is 9.86. The molecule has 3 N–H and O–H groups in total. The van der Waals surface area contributed by atoms with Crippen LogP contribution < -0.4 is 16.0 Å². The van der Waals surface area contributed by atoms with Crippen LogP contribution in [-0.2, 0) is 22.6 Å². The molecule has 11 heteroatoms. The lowest BCUT2D eigenvalue weighted by Crippen LogP contribution is -2.48. The van der Waals surface area contributed by atoms with E-state index < -0.39 is 41.0 Å². The van der Waals surface area contributed by atoms with Crippen molar-refractivity contribution in [2.45, 2.75) is 25.0 Å². The van der Waals surface area contributed by atoms with E-state index in [1.807, 2.05) is 35.2 Å². The second-order valence-corrected chi connectivity index (χ2v) is 11.3. The first-order valence-electron chi connectivity index (χ1n) is 13.8. The largest absolute Gasteiger partial charge is 0.375 e. The van der Waals surface area contributed by atoms with E-state index in [9.17, 15) is 18.4 Å². The number of fused-ring (bicyclic) bond motifs is 1. The van der Waals surface area contributed by atoms with Gasteiger partial charge in [0.1, 0.15) is 5.82 Å². The maximum absolute atomic E-state index is 15.5. The molecule has 228 valence electrons. The van der Waals surface area contributed by atoms with Crippen LogP contribution in [0.5, 0.6) is 0 Å². The Bertz CT molecular complexity index is 1690. The third-order valence-corrected chi connectivity index (χ3v) is 8.04. The second kappa shape index (κ2) is 13.7. The van der Waals surface area contributed by atoms with Gasteiger partial charge in [0, 0.05) is 39.9 Å². The van der Waals surface area contributed by atoms with E-state index >= 15 is 4.39 Å². The molecule has 0 aliphatic carbocycles. The van der Waals surface area contributed by atoms with Crippen LogP contribution in [0.25, 0.3) is 0 Å². The molecule has 0 saturated heterocycles. The van der Waals surface area contributed by atoms with Gasteiger partial charge in [-0.1, -0.05) is 59.6 Å². The molecule has 0 aromatic heterocycles. The molecule has 1 aliphatic rings. The molecule has 0 saturated carbocycles. The van der Waals surface area contributed by atoms with Crippen molar-refractivity contribution in [1.29, 1.82) is 0 Å². The number of halogens is 5. The molecule has 44 heavy (non-hydrogen) atoms. The summed E-state index contributed by atoms with van der Waals surface area (Å²) in [5, 5.41) is 3.17. The van der Waals surface area contributed by atoms with Crippen LogP contribution in [0.2, 0.25) is 10.0 Å². The van der Waals surface area contributed by atoms with Crippen molar-refractivity contribution in [3.63, 3.8) is 0 Å². The summed E-state index contributed by atoms with van der Waals surface area (Å²) in [5.74, 6) is -6.41. The molecule has 4 aromatic rings. The first-order chi connectivity index (χ1) is 21.1. The molecule has 4 aromatic carbocycles. The third-order valence-electron chi connectivity index (χ3n) is 7.47. The Hall–Kier alpha value is -4.05. The minimum atomic E-state index is -1.57. The van der Waals surface area contributed by atoms with E-state index in [-0.39, 0.29) is 46.7 Å². The van der Waals surface area contributed by atoms with Gasteiger partial charge in [-0.2, -0.15) is 0 Å². The smallest absolute Gasteiger partial charge is 0.249 e. The molecule has 1 heterocycles. The summed E-state index contributed by atoms with van der Waals surface area (Å²) in [6.45, 7) is 1.13. The minimum Gasteiger partial charge on any atom is -0.375 e. The third kappa shape index (κ3) is 7.01. The zero-order valence-electron chi connectivity index (χ0n) is 23.3. The monoisotopic (exact) mass is 641 g/mol. The second-order valence-electron chi connectivity index (χ2n) is 10.5. The topological polar surface area (TPSA) is 84.7 Å². The van der Waals surface area contributed by atoms with Crippen LogP contribution in [0.3, 0.4) is 0 Å². The quantitative estimate of drug-likeness (QED) is 0.198. The molecule has 0 fully saturated rings. The molecule has 0 unspecified atom stereocenters. The van der Waals surface area contributed by atoms with Crippen molar-refractivity contribution >= 4 is 40.7 Å². The van der Waals surface area contributed by atoms with Crippen LogP contribution in [0, 0.1) is 17.5 Å². The van der Waals surface area contributed by atoms with Crippen molar-refractivity contribution in [1.82, 2.24) is 5.32 Å². The van der Waals surface area contributed by atoms with Gasteiger partial charge in [-0.05, 0) is 65.6 Å². The fourth-order valence-electron chi connectivity index (χ4n) is 5.44. The molecule has 5 rings (SSSR count). The normalized spacial score (nSPS) is 13.8. The van der Waals surface area contributed by atoms with Crippen molar-refractivity contribution < 1.29 is 27.5 Å². The zero-order chi connectivity index (χ0) is 31.4. The Kier molecular flexibility index (Phi) is 9.78. The molecular weight excluding hydrogens is 614 g/mol. The van der Waals surface area contributed by atoms with Crippen LogP contribution in [0.4, 0.5) is 18.9 Å². The highest BCUT2D eigenvalue weighted by Crippen LogP contribution is 2.36. The molecule has 0 spiro atoms. The summed E-state index contributed by atoms with van der Waals surface area (Å²) >= 11 is 12.6. The van der Waals surface area contributed by atoms with Crippen molar-refractivity contribution in [2.24, 2.45) is 5.73 Å². The van der Waals surface area contributed by atoms with Crippen molar-refractivity contribution in [2.75, 3.05) is 24.6 Å². The summed E-state index contributed by atoms with van der Waals surface area (Å²) in [5.41, 5.74) is 7.26. The van der Waals surface area contributed by atoms with Gasteiger partial charge in [0.2, 0.25) is 11.8 Å². The maximum Gasteiger partial charge on any atom is 0.249 e. The van der Waals surface area contributed by atoms with Gasteiger partial charge in [0.15, 0.2) is 11.6 Å². The number of anilines is 1. The number of ether oxygens (including phenoxy) is 1. The van der Waals surface area contributed by atoms with Crippen molar-refractivity contribution in [3.8, 4) is 0 Å². The predicted molar refractivity (Wildman–Crippen MR) is 164 cm³/mol. The molecule has 0 bridgehead atoms. The van der Waals surface area contributed by atoms with E-state index in [1.165, 1.54) is 30.3 Å². The van der Waals surface area contributed by atoms with Crippen LogP contribution in [0.15, 0.2) is 78.9 Å². The van der Waals surface area contributed by atoms with Gasteiger partial charge in [0.05, 0.1) is 25.2 Å². The van der Waals surface area contributed by atoms with Gasteiger partial charge >= 0.3 is 0 Å². The first kappa shape index (κ1) is 31.4. The highest BCUT2D eigenvalue weighted by atomic mass is 35.5. The maximum atomic E-state index is 15.5. The number of carbonyl (C=O) groups excluding carboxylic acids is 2. The fourth-order valence-corrected chi connectivity index (χ4v) is 5.96. The number of nitrogens with one attached hydrogen (secondary N) is 1. The van der Waals surface area contributed by atoms with Gasteiger partial charge in [-0.3, -0.25) is 9.59 Å². The number of primary amides is 1. The predicted octanol–water partition coefficient (Wildman–Crippen LogP) is 6.41. The standard InChI is InChI=1S/C33H28Cl2F3N3O3/c34-21-6-8-24(26(35)15-21)30(29-25(32(39)42)9-10-27(37)31(29)38)33(43)40-23(18-44-17-19-4-2-1-3-5-19)16-41-13-12-20-14-22(36)7-11-28(20)41/h1-11,14-15,23,30H,12-13,16-18H2,(H2,39,42)(H,40,43)/t23-,30-/m1/s1. The summed E-state index contributed by atoms with van der Waals surface area (Å²) in [4.78, 5) is 28.5. The number of carbonyl (C=O) groups is 2. The summed E-state index contributed by atoms with van der Waals surface area (Å²) < 4.78 is 49.9. The minimum absolute atomic E-state index is 0.00380. The van der Waals surface area contributed by atoms with E-state index in [0.29, 0.717) is 13.0 Å². The van der Waals surface area contributed by atoms with Crippen molar-refractivity contribution in [3.05, 3.63) is 134 Å². The number of hydrogen-bond acceptors (Lipinski definition) is 4. The molecular formula is C33H28Cl2F3N3O3. The number of benzene rings is 4. The Morgan fingerprint density at radius 2 is 1.75 bits per heavy atom. The molecule has 2 atom stereocenters. The Labute approximate surface area is 262 Å². The van der Waals surface area contributed by atoms with Gasteiger partial charge in [-0.15, -0.1) is 0 Å². The average molecular weight is 643 g/mol. The lowest BCUT2D eigenvalue weighted by molar-refractivity contribution is -0.122. The van der Waals surface area contributed by atoms with E-state index in [1.54, 1.807) is 6.07 Å². The highest BCUT2D eigenvalue weighted by molar-refractivity contribution is 6.35. The summed E-state index contributed by atoms with van der Waals surface area (Å²) in [6, 6.07) is 19.3.